The van der Waals surface area contributed by atoms with Gasteiger partial charge in [-0.05, 0) is 71.7 Å². The summed E-state index contributed by atoms with van der Waals surface area (Å²) in [5.41, 5.74) is 4.77. The van der Waals surface area contributed by atoms with E-state index in [1.165, 1.54) is 6.33 Å². The minimum absolute atomic E-state index is 0.123. The third-order valence-electron chi connectivity index (χ3n) is 7.02. The first kappa shape index (κ1) is 21.1. The SMILES string of the molecule is Cc1ccc(-c2ncc(C3C4CC4c4cc(-c5cc(Cl)ccc5-n5cnnn5)cc(=O)n43)[nH]2)c(F)n1. The summed E-state index contributed by atoms with van der Waals surface area (Å²) in [6.45, 7) is 1.74. The fraction of sp³-hybridized carbons (Fsp3) is 0.200. The molecule has 1 aliphatic heterocycles. The van der Waals surface area contributed by atoms with Crippen LogP contribution < -0.4 is 5.56 Å². The van der Waals surface area contributed by atoms with Gasteiger partial charge in [0.25, 0.3) is 5.56 Å². The molecule has 1 saturated carbocycles. The summed E-state index contributed by atoms with van der Waals surface area (Å²) in [6.07, 6.45) is 4.16. The maximum atomic E-state index is 14.4. The lowest BCUT2D eigenvalue weighted by Crippen LogP contribution is -2.26. The van der Waals surface area contributed by atoms with E-state index in [1.807, 2.05) is 22.8 Å². The second kappa shape index (κ2) is 7.66. The van der Waals surface area contributed by atoms with Gasteiger partial charge in [0.2, 0.25) is 5.95 Å². The van der Waals surface area contributed by atoms with Crippen molar-refractivity contribution in [2.45, 2.75) is 25.3 Å². The highest BCUT2D eigenvalue weighted by atomic mass is 35.5. The Hall–Kier alpha value is -4.18. The molecule has 11 heteroatoms. The Balaban J connectivity index is 1.31. The summed E-state index contributed by atoms with van der Waals surface area (Å²) in [4.78, 5) is 25.0. The minimum atomic E-state index is -0.575. The number of imidazole rings is 1. The monoisotopic (exact) mass is 500 g/mol. The average Bonchev–Trinajstić information content (AvgIpc) is 3.20. The lowest BCUT2D eigenvalue weighted by Gasteiger charge is -2.18. The van der Waals surface area contributed by atoms with Crippen LogP contribution >= 0.6 is 11.6 Å². The van der Waals surface area contributed by atoms with E-state index in [2.05, 4.69) is 30.5 Å². The maximum absolute atomic E-state index is 14.4. The molecule has 2 aliphatic rings. The highest BCUT2D eigenvalue weighted by Gasteiger charge is 2.53. The van der Waals surface area contributed by atoms with Crippen molar-refractivity contribution in [2.24, 2.45) is 5.92 Å². The zero-order valence-electron chi connectivity index (χ0n) is 18.9. The molecule has 0 amide bonds. The normalized spacial score (nSPS) is 19.8. The number of aryl methyl sites for hydroxylation is 1. The summed E-state index contributed by atoms with van der Waals surface area (Å²) < 4.78 is 17.8. The smallest absolute Gasteiger partial charge is 0.251 e. The number of halogens is 2. The van der Waals surface area contributed by atoms with Gasteiger partial charge in [-0.1, -0.05) is 11.6 Å². The summed E-state index contributed by atoms with van der Waals surface area (Å²) >= 11 is 6.31. The van der Waals surface area contributed by atoms with E-state index in [4.69, 9.17) is 11.6 Å². The van der Waals surface area contributed by atoms with Crippen LogP contribution in [-0.2, 0) is 0 Å². The van der Waals surface area contributed by atoms with Gasteiger partial charge in [0.05, 0.1) is 29.2 Å². The zero-order valence-corrected chi connectivity index (χ0v) is 19.7. The number of rotatable bonds is 4. The van der Waals surface area contributed by atoms with E-state index in [0.29, 0.717) is 22.1 Å². The number of aromatic amines is 1. The molecular weight excluding hydrogens is 483 g/mol. The number of nitrogens with one attached hydrogen (secondary N) is 1. The summed E-state index contributed by atoms with van der Waals surface area (Å²) in [5.74, 6) is 0.368. The third kappa shape index (κ3) is 3.21. The maximum Gasteiger partial charge on any atom is 0.251 e. The predicted octanol–water partition coefficient (Wildman–Crippen LogP) is 4.08. The van der Waals surface area contributed by atoms with Crippen LogP contribution in [-0.4, -0.2) is 39.7 Å². The van der Waals surface area contributed by atoms with Crippen molar-refractivity contribution < 1.29 is 4.39 Å². The van der Waals surface area contributed by atoms with Crippen molar-refractivity contribution in [1.82, 2.24) is 39.7 Å². The van der Waals surface area contributed by atoms with E-state index in [-0.39, 0.29) is 23.4 Å². The van der Waals surface area contributed by atoms with E-state index >= 15 is 0 Å². The van der Waals surface area contributed by atoms with Crippen LogP contribution in [0.3, 0.4) is 0 Å². The molecule has 3 unspecified atom stereocenters. The number of tetrazole rings is 1. The largest absolute Gasteiger partial charge is 0.340 e. The molecule has 7 rings (SSSR count). The van der Waals surface area contributed by atoms with E-state index in [1.54, 1.807) is 42.1 Å². The lowest BCUT2D eigenvalue weighted by atomic mass is 10.0. The number of pyridine rings is 2. The number of benzene rings is 1. The van der Waals surface area contributed by atoms with Gasteiger partial charge in [0, 0.05) is 34.0 Å². The van der Waals surface area contributed by atoms with Crippen LogP contribution in [0, 0.1) is 18.8 Å². The molecule has 4 aromatic heterocycles. The van der Waals surface area contributed by atoms with Crippen LogP contribution in [0.15, 0.2) is 59.8 Å². The molecule has 0 bridgehead atoms. The zero-order chi connectivity index (χ0) is 24.6. The molecule has 36 heavy (non-hydrogen) atoms. The topological polar surface area (TPSA) is 107 Å². The Bertz CT molecular complexity index is 1710. The number of hydrogen-bond donors (Lipinski definition) is 1. The molecule has 1 aliphatic carbocycles. The van der Waals surface area contributed by atoms with E-state index in [0.717, 1.165) is 34.6 Å². The minimum Gasteiger partial charge on any atom is -0.340 e. The third-order valence-corrected chi connectivity index (χ3v) is 7.26. The van der Waals surface area contributed by atoms with Crippen LogP contribution in [0.2, 0.25) is 5.02 Å². The number of fused-ring (bicyclic) bond motifs is 3. The number of nitrogens with zero attached hydrogens (tertiary/aromatic N) is 7. The van der Waals surface area contributed by atoms with Crippen LogP contribution in [0.25, 0.3) is 28.2 Å². The summed E-state index contributed by atoms with van der Waals surface area (Å²) in [6, 6.07) is 12.3. The van der Waals surface area contributed by atoms with Crippen LogP contribution in [0.1, 0.15) is 35.5 Å². The number of H-pyrrole nitrogens is 1. The first-order valence-corrected chi connectivity index (χ1v) is 11.8. The standard InChI is InChI=1S/C25H18ClFN8O/c1-12-2-4-15(24(27)30-12)25-28-10-19(31-25)23-18-9-17(18)21-6-13(7-22(36)35(21)23)16-8-14(26)3-5-20(16)34-11-29-32-33-34/h2-8,10-11,17-18,23H,9H2,1H3,(H,28,31). The van der Waals surface area contributed by atoms with Crippen LogP contribution in [0.5, 0.6) is 0 Å². The molecular formula is C25H18ClFN8O. The van der Waals surface area contributed by atoms with Gasteiger partial charge in [0.15, 0.2) is 0 Å². The molecule has 1 N–H and O–H groups in total. The lowest BCUT2D eigenvalue weighted by molar-refractivity contribution is 0.527. The predicted molar refractivity (Wildman–Crippen MR) is 129 cm³/mol. The van der Waals surface area contributed by atoms with Crippen molar-refractivity contribution in [3.8, 4) is 28.2 Å². The molecule has 9 nitrogen and oxygen atoms in total. The molecule has 0 saturated heterocycles. The second-order valence-electron chi connectivity index (χ2n) is 9.22. The van der Waals surface area contributed by atoms with Crippen molar-refractivity contribution >= 4 is 11.6 Å². The van der Waals surface area contributed by atoms with E-state index in [9.17, 15) is 9.18 Å². The van der Waals surface area contributed by atoms with Gasteiger partial charge < -0.3 is 9.55 Å². The van der Waals surface area contributed by atoms with Gasteiger partial charge in [-0.3, -0.25) is 4.79 Å². The molecule has 5 heterocycles. The first-order chi connectivity index (χ1) is 17.5. The Morgan fingerprint density at radius 1 is 1.14 bits per heavy atom. The van der Waals surface area contributed by atoms with E-state index < -0.39 is 5.95 Å². The Labute approximate surface area is 208 Å². The fourth-order valence-electron chi connectivity index (χ4n) is 5.34. The number of aromatic nitrogens is 8. The van der Waals surface area contributed by atoms with Gasteiger partial charge in [-0.2, -0.15) is 9.07 Å². The van der Waals surface area contributed by atoms with Crippen molar-refractivity contribution in [1.29, 1.82) is 0 Å². The van der Waals surface area contributed by atoms with Crippen molar-refractivity contribution in [2.75, 3.05) is 0 Å². The molecule has 1 aromatic carbocycles. The number of hydrogen-bond acceptors (Lipinski definition) is 6. The Morgan fingerprint density at radius 2 is 2.03 bits per heavy atom. The van der Waals surface area contributed by atoms with Crippen LogP contribution in [0.4, 0.5) is 4.39 Å². The fourth-order valence-corrected chi connectivity index (χ4v) is 5.51. The van der Waals surface area contributed by atoms with Gasteiger partial charge in [0.1, 0.15) is 12.2 Å². The molecule has 0 spiro atoms. The summed E-state index contributed by atoms with van der Waals surface area (Å²) in [7, 11) is 0. The molecule has 3 atom stereocenters. The quantitative estimate of drug-likeness (QED) is 0.372. The van der Waals surface area contributed by atoms with Crippen molar-refractivity contribution in [3.63, 3.8) is 0 Å². The van der Waals surface area contributed by atoms with Gasteiger partial charge in [-0.25, -0.2) is 9.97 Å². The molecule has 178 valence electrons. The van der Waals surface area contributed by atoms with Gasteiger partial charge in [-0.15, -0.1) is 5.10 Å². The first-order valence-electron chi connectivity index (χ1n) is 11.5. The molecule has 5 aromatic rings. The van der Waals surface area contributed by atoms with Crippen molar-refractivity contribution in [3.05, 3.63) is 93.4 Å². The van der Waals surface area contributed by atoms with Gasteiger partial charge >= 0.3 is 0 Å². The molecule has 0 radical (unpaired) electrons. The summed E-state index contributed by atoms with van der Waals surface area (Å²) in [5, 5.41) is 12.0. The molecule has 1 fully saturated rings. The highest BCUT2D eigenvalue weighted by molar-refractivity contribution is 6.31. The second-order valence-corrected chi connectivity index (χ2v) is 9.66. The average molecular weight is 501 g/mol. The Morgan fingerprint density at radius 3 is 2.83 bits per heavy atom. The highest BCUT2D eigenvalue weighted by Crippen LogP contribution is 2.60. The Kier molecular flexibility index (Phi) is 4.50.